The smallest absolute Gasteiger partial charge is 0.220 e. The minimum absolute atomic E-state index is 0.00497. The Morgan fingerprint density at radius 1 is 1.38 bits per heavy atom. The molecule has 0 aliphatic carbocycles. The Morgan fingerprint density at radius 2 is 2.05 bits per heavy atom. The highest BCUT2D eigenvalue weighted by Crippen LogP contribution is 2.25. The molecule has 2 rings (SSSR count). The molecule has 0 bridgehead atoms. The van der Waals surface area contributed by atoms with Gasteiger partial charge in [0.2, 0.25) is 5.91 Å². The van der Waals surface area contributed by atoms with E-state index in [1.807, 2.05) is 26.0 Å². The van der Waals surface area contributed by atoms with Crippen LogP contribution >= 0.6 is 11.6 Å². The standard InChI is InChI=1S/C15H23ClN4O/c1-4-14(21)17-11(2)15-12(16)5-6-13(18-15)20-9-7-19(3)8-10-20/h5-6,11H,4,7-10H2,1-3H3,(H,17,21)/t11-/m1/s1. The number of halogens is 1. The lowest BCUT2D eigenvalue weighted by Crippen LogP contribution is -2.45. The van der Waals surface area contributed by atoms with Gasteiger partial charge in [-0.1, -0.05) is 18.5 Å². The van der Waals surface area contributed by atoms with Crippen LogP contribution in [0.1, 0.15) is 32.0 Å². The Bertz CT molecular complexity index is 500. The fourth-order valence-corrected chi connectivity index (χ4v) is 2.64. The van der Waals surface area contributed by atoms with Gasteiger partial charge in [-0.25, -0.2) is 4.98 Å². The maximum atomic E-state index is 11.5. The molecular weight excluding hydrogens is 288 g/mol. The van der Waals surface area contributed by atoms with Crippen LogP contribution in [-0.2, 0) is 4.79 Å². The van der Waals surface area contributed by atoms with Gasteiger partial charge < -0.3 is 15.1 Å². The number of amides is 1. The Labute approximate surface area is 131 Å². The van der Waals surface area contributed by atoms with E-state index in [9.17, 15) is 4.79 Å². The van der Waals surface area contributed by atoms with E-state index in [0.29, 0.717) is 11.4 Å². The highest BCUT2D eigenvalue weighted by molar-refractivity contribution is 6.31. The number of nitrogens with one attached hydrogen (secondary N) is 1. The highest BCUT2D eigenvalue weighted by atomic mass is 35.5. The van der Waals surface area contributed by atoms with Crippen LogP contribution in [0, 0.1) is 0 Å². The molecule has 1 aromatic rings. The minimum Gasteiger partial charge on any atom is -0.354 e. The average molecular weight is 311 g/mol. The van der Waals surface area contributed by atoms with Crippen molar-refractivity contribution in [2.75, 3.05) is 38.1 Å². The summed E-state index contributed by atoms with van der Waals surface area (Å²) in [6.45, 7) is 7.72. The molecular formula is C15H23ClN4O. The van der Waals surface area contributed by atoms with Crippen molar-refractivity contribution in [2.45, 2.75) is 26.3 Å². The molecule has 0 spiro atoms. The van der Waals surface area contributed by atoms with Crippen LogP contribution in [0.4, 0.5) is 5.82 Å². The number of anilines is 1. The number of pyridine rings is 1. The second kappa shape index (κ2) is 7.09. The summed E-state index contributed by atoms with van der Waals surface area (Å²) >= 11 is 6.24. The monoisotopic (exact) mass is 310 g/mol. The van der Waals surface area contributed by atoms with Crippen molar-refractivity contribution in [1.29, 1.82) is 0 Å². The summed E-state index contributed by atoms with van der Waals surface area (Å²) in [6.07, 6.45) is 0.458. The van der Waals surface area contributed by atoms with E-state index in [1.165, 1.54) is 0 Å². The summed E-state index contributed by atoms with van der Waals surface area (Å²) in [4.78, 5) is 20.8. The number of piperazine rings is 1. The van der Waals surface area contributed by atoms with Gasteiger partial charge in [-0.15, -0.1) is 0 Å². The van der Waals surface area contributed by atoms with Gasteiger partial charge in [0.1, 0.15) is 5.82 Å². The average Bonchev–Trinajstić information content (AvgIpc) is 2.48. The van der Waals surface area contributed by atoms with Crippen molar-refractivity contribution in [1.82, 2.24) is 15.2 Å². The maximum absolute atomic E-state index is 11.5. The fraction of sp³-hybridized carbons (Fsp3) is 0.600. The molecule has 1 atom stereocenters. The van der Waals surface area contributed by atoms with E-state index in [1.54, 1.807) is 0 Å². The van der Waals surface area contributed by atoms with Crippen molar-refractivity contribution in [3.63, 3.8) is 0 Å². The van der Waals surface area contributed by atoms with Crippen LogP contribution in [0.15, 0.2) is 12.1 Å². The van der Waals surface area contributed by atoms with Crippen LogP contribution in [0.5, 0.6) is 0 Å². The van der Waals surface area contributed by atoms with E-state index >= 15 is 0 Å². The zero-order chi connectivity index (χ0) is 15.4. The summed E-state index contributed by atoms with van der Waals surface area (Å²) in [5.41, 5.74) is 0.731. The van der Waals surface area contributed by atoms with Crippen molar-refractivity contribution in [3.05, 3.63) is 22.8 Å². The number of carbonyl (C=O) groups excluding carboxylic acids is 1. The lowest BCUT2D eigenvalue weighted by Gasteiger charge is -2.33. The van der Waals surface area contributed by atoms with E-state index < -0.39 is 0 Å². The van der Waals surface area contributed by atoms with Crippen LogP contribution in [0.3, 0.4) is 0 Å². The lowest BCUT2D eigenvalue weighted by molar-refractivity contribution is -0.121. The maximum Gasteiger partial charge on any atom is 0.220 e. The number of likely N-dealkylation sites (N-methyl/N-ethyl adjacent to an activating group) is 1. The number of rotatable bonds is 4. The highest BCUT2D eigenvalue weighted by Gasteiger charge is 2.19. The molecule has 0 unspecified atom stereocenters. The van der Waals surface area contributed by atoms with Crippen LogP contribution < -0.4 is 10.2 Å². The predicted octanol–water partition coefficient (Wildman–Crippen LogP) is 2.07. The van der Waals surface area contributed by atoms with Crippen LogP contribution in [-0.4, -0.2) is 49.0 Å². The number of carbonyl (C=O) groups is 1. The molecule has 0 aromatic carbocycles. The number of hydrogen-bond donors (Lipinski definition) is 1. The molecule has 21 heavy (non-hydrogen) atoms. The normalized spacial score (nSPS) is 17.6. The first-order chi connectivity index (χ1) is 10.0. The molecule has 1 amide bonds. The quantitative estimate of drug-likeness (QED) is 0.925. The van der Waals surface area contributed by atoms with E-state index in [4.69, 9.17) is 11.6 Å². The number of aromatic nitrogens is 1. The third-order valence-corrected chi connectivity index (χ3v) is 4.11. The van der Waals surface area contributed by atoms with Gasteiger partial charge in [0.25, 0.3) is 0 Å². The molecule has 1 aliphatic rings. The Morgan fingerprint density at radius 3 is 2.67 bits per heavy atom. The SMILES string of the molecule is CCC(=O)N[C@H](C)c1nc(N2CCN(C)CC2)ccc1Cl. The van der Waals surface area contributed by atoms with Gasteiger partial charge >= 0.3 is 0 Å². The lowest BCUT2D eigenvalue weighted by atomic mass is 10.2. The largest absolute Gasteiger partial charge is 0.354 e. The van der Waals surface area contributed by atoms with Gasteiger partial charge in [-0.3, -0.25) is 4.79 Å². The van der Waals surface area contributed by atoms with Crippen molar-refractivity contribution < 1.29 is 4.79 Å². The molecule has 6 heteroatoms. The molecule has 0 radical (unpaired) electrons. The van der Waals surface area contributed by atoms with E-state index in [0.717, 1.165) is 37.7 Å². The van der Waals surface area contributed by atoms with Gasteiger partial charge in [0, 0.05) is 32.6 Å². The Balaban J connectivity index is 2.15. The molecule has 1 aliphatic heterocycles. The summed E-state index contributed by atoms with van der Waals surface area (Å²) < 4.78 is 0. The summed E-state index contributed by atoms with van der Waals surface area (Å²) in [5.74, 6) is 0.936. The Hall–Kier alpha value is -1.33. The van der Waals surface area contributed by atoms with Gasteiger partial charge in [0.05, 0.1) is 16.8 Å². The van der Waals surface area contributed by atoms with Crippen molar-refractivity contribution >= 4 is 23.3 Å². The first kappa shape index (κ1) is 16.0. The molecule has 1 saturated heterocycles. The number of nitrogens with zero attached hydrogens (tertiary/aromatic N) is 3. The molecule has 1 aromatic heterocycles. The molecule has 1 fully saturated rings. The van der Waals surface area contributed by atoms with Crippen LogP contribution in [0.25, 0.3) is 0 Å². The Kier molecular flexibility index (Phi) is 5.42. The predicted molar refractivity (Wildman–Crippen MR) is 85.8 cm³/mol. The molecule has 5 nitrogen and oxygen atoms in total. The molecule has 1 N–H and O–H groups in total. The van der Waals surface area contributed by atoms with Gasteiger partial charge in [-0.05, 0) is 26.1 Å². The first-order valence-corrected chi connectivity index (χ1v) is 7.78. The summed E-state index contributed by atoms with van der Waals surface area (Å²) in [6, 6.07) is 3.63. The van der Waals surface area contributed by atoms with Crippen LogP contribution in [0.2, 0.25) is 5.02 Å². The minimum atomic E-state index is -0.183. The zero-order valence-corrected chi connectivity index (χ0v) is 13.7. The van der Waals surface area contributed by atoms with Gasteiger partial charge in [0.15, 0.2) is 0 Å². The van der Waals surface area contributed by atoms with E-state index in [2.05, 4.69) is 27.1 Å². The molecule has 2 heterocycles. The van der Waals surface area contributed by atoms with Gasteiger partial charge in [-0.2, -0.15) is 0 Å². The topological polar surface area (TPSA) is 48.5 Å². The number of hydrogen-bond acceptors (Lipinski definition) is 4. The van der Waals surface area contributed by atoms with E-state index in [-0.39, 0.29) is 11.9 Å². The fourth-order valence-electron chi connectivity index (χ4n) is 2.37. The summed E-state index contributed by atoms with van der Waals surface area (Å²) in [5, 5.41) is 3.51. The first-order valence-electron chi connectivity index (χ1n) is 7.40. The van der Waals surface area contributed by atoms with Crippen molar-refractivity contribution in [2.24, 2.45) is 0 Å². The second-order valence-corrected chi connectivity index (χ2v) is 5.88. The molecule has 0 saturated carbocycles. The van der Waals surface area contributed by atoms with Crippen molar-refractivity contribution in [3.8, 4) is 0 Å². The second-order valence-electron chi connectivity index (χ2n) is 5.47. The molecule has 116 valence electrons. The third kappa shape index (κ3) is 4.08. The third-order valence-electron chi connectivity index (χ3n) is 3.79. The summed E-state index contributed by atoms with van der Waals surface area (Å²) in [7, 11) is 2.13. The zero-order valence-electron chi connectivity index (χ0n) is 12.9.